The maximum Gasteiger partial charge on any atom is 0.251 e. The molecule has 33 heavy (non-hydrogen) atoms. The molecule has 1 aromatic heterocycles. The Morgan fingerprint density at radius 1 is 1.15 bits per heavy atom. The highest BCUT2D eigenvalue weighted by Gasteiger charge is 2.20. The molecule has 0 spiro atoms. The van der Waals surface area contributed by atoms with Gasteiger partial charge >= 0.3 is 0 Å². The molecule has 2 amide bonds. The summed E-state index contributed by atoms with van der Waals surface area (Å²) in [4.78, 5) is 25.0. The van der Waals surface area contributed by atoms with Gasteiger partial charge in [0.05, 0.1) is 29.6 Å². The van der Waals surface area contributed by atoms with E-state index in [4.69, 9.17) is 27.9 Å². The zero-order valence-electron chi connectivity index (χ0n) is 18.3. The van der Waals surface area contributed by atoms with Crippen molar-refractivity contribution in [1.29, 1.82) is 0 Å². The third-order valence-electron chi connectivity index (χ3n) is 4.68. The minimum atomic E-state index is -0.388. The van der Waals surface area contributed by atoms with E-state index < -0.39 is 0 Å². The van der Waals surface area contributed by atoms with E-state index in [0.29, 0.717) is 44.6 Å². The number of carbonyl (C=O) groups is 2. The molecule has 0 aliphatic carbocycles. The molecule has 0 radical (unpaired) electrons. The van der Waals surface area contributed by atoms with E-state index in [-0.39, 0.29) is 23.6 Å². The summed E-state index contributed by atoms with van der Waals surface area (Å²) in [5, 5.41) is 15.6. The summed E-state index contributed by atoms with van der Waals surface area (Å²) in [7, 11) is 1.57. The Bertz CT molecular complexity index is 1140. The van der Waals surface area contributed by atoms with Gasteiger partial charge in [-0.2, -0.15) is 0 Å². The highest BCUT2D eigenvalue weighted by molar-refractivity contribution is 7.99. The highest BCUT2D eigenvalue weighted by atomic mass is 35.5. The Morgan fingerprint density at radius 3 is 2.55 bits per heavy atom. The first-order chi connectivity index (χ1) is 15.8. The minimum Gasteiger partial charge on any atom is -0.497 e. The smallest absolute Gasteiger partial charge is 0.251 e. The van der Waals surface area contributed by atoms with Gasteiger partial charge < -0.3 is 19.9 Å². The second kappa shape index (κ2) is 11.4. The number of aromatic nitrogens is 3. The molecule has 3 rings (SSSR count). The van der Waals surface area contributed by atoms with Crippen LogP contribution >= 0.6 is 35.0 Å². The van der Waals surface area contributed by atoms with Crippen LogP contribution in [0.2, 0.25) is 10.0 Å². The number of halogens is 2. The monoisotopic (exact) mass is 507 g/mol. The number of benzene rings is 2. The Balaban J connectivity index is 1.63. The second-order valence-corrected chi connectivity index (χ2v) is 8.76. The Labute approximate surface area is 206 Å². The number of methoxy groups -OCH3 is 1. The van der Waals surface area contributed by atoms with E-state index in [1.807, 2.05) is 18.4 Å². The summed E-state index contributed by atoms with van der Waals surface area (Å²) in [5.74, 6) is 0.891. The number of carbonyl (C=O) groups excluding carboxylic acids is 2. The first kappa shape index (κ1) is 24.9. The van der Waals surface area contributed by atoms with Crippen molar-refractivity contribution in [3.63, 3.8) is 0 Å². The Kier molecular flexibility index (Phi) is 8.60. The summed E-state index contributed by atoms with van der Waals surface area (Å²) in [5.41, 5.74) is 0.957. The largest absolute Gasteiger partial charge is 0.497 e. The zero-order chi connectivity index (χ0) is 24.0. The number of hydrogen-bond acceptors (Lipinski definition) is 6. The highest BCUT2D eigenvalue weighted by Crippen LogP contribution is 2.26. The summed E-state index contributed by atoms with van der Waals surface area (Å²) in [6.45, 7) is 4.36. The summed E-state index contributed by atoms with van der Waals surface area (Å²) < 4.78 is 6.98. The number of anilines is 1. The van der Waals surface area contributed by atoms with Crippen LogP contribution in [0.4, 0.5) is 5.69 Å². The fourth-order valence-corrected chi connectivity index (χ4v) is 4.17. The van der Waals surface area contributed by atoms with E-state index in [9.17, 15) is 9.59 Å². The van der Waals surface area contributed by atoms with Gasteiger partial charge in [0.2, 0.25) is 5.91 Å². The molecule has 8 nitrogen and oxygen atoms in total. The lowest BCUT2D eigenvalue weighted by Crippen LogP contribution is -2.28. The molecule has 3 aromatic rings. The van der Waals surface area contributed by atoms with Gasteiger partial charge in [0.1, 0.15) is 5.75 Å². The molecule has 1 heterocycles. The zero-order valence-corrected chi connectivity index (χ0v) is 20.6. The van der Waals surface area contributed by atoms with E-state index in [0.717, 1.165) is 0 Å². The van der Waals surface area contributed by atoms with Crippen molar-refractivity contribution in [3.05, 3.63) is 63.9 Å². The van der Waals surface area contributed by atoms with Gasteiger partial charge in [-0.3, -0.25) is 9.59 Å². The molecular weight excluding hydrogens is 485 g/mol. The standard InChI is InChI=1S/C22H23Cl2N5O3S/c1-4-29-20(13(2)25-21(31)14-5-8-16(32-3)9-6-14)27-28-22(29)33-12-19(30)26-18-11-15(23)7-10-17(18)24/h5-11,13H,4,12H2,1-3H3,(H,25,31)(H,26,30)/t13-/m1/s1. The van der Waals surface area contributed by atoms with Gasteiger partial charge in [-0.15, -0.1) is 10.2 Å². The van der Waals surface area contributed by atoms with Crippen LogP contribution in [0.15, 0.2) is 47.6 Å². The van der Waals surface area contributed by atoms with Crippen molar-refractivity contribution in [2.24, 2.45) is 0 Å². The van der Waals surface area contributed by atoms with Crippen molar-refractivity contribution in [2.45, 2.75) is 31.6 Å². The molecule has 0 fully saturated rings. The number of nitrogens with one attached hydrogen (secondary N) is 2. The van der Waals surface area contributed by atoms with Crippen LogP contribution in [0.5, 0.6) is 5.75 Å². The Hall–Kier alpha value is -2.75. The molecule has 1 atom stereocenters. The van der Waals surface area contributed by atoms with Crippen molar-refractivity contribution in [2.75, 3.05) is 18.2 Å². The average molecular weight is 508 g/mol. The molecule has 0 aliphatic rings. The van der Waals surface area contributed by atoms with Crippen LogP contribution in [0.3, 0.4) is 0 Å². The van der Waals surface area contributed by atoms with Gasteiger partial charge in [0.15, 0.2) is 11.0 Å². The maximum atomic E-state index is 12.6. The first-order valence-corrected chi connectivity index (χ1v) is 11.8. The summed E-state index contributed by atoms with van der Waals surface area (Å²) >= 11 is 13.3. The summed E-state index contributed by atoms with van der Waals surface area (Å²) in [6.07, 6.45) is 0. The SMILES string of the molecule is CCn1c(SCC(=O)Nc2cc(Cl)ccc2Cl)nnc1[C@@H](C)NC(=O)c1ccc(OC)cc1. The minimum absolute atomic E-state index is 0.105. The maximum absolute atomic E-state index is 12.6. The molecule has 0 saturated heterocycles. The molecule has 0 aliphatic heterocycles. The van der Waals surface area contributed by atoms with Crippen LogP contribution in [0, 0.1) is 0 Å². The van der Waals surface area contributed by atoms with Gasteiger partial charge in [-0.05, 0) is 56.3 Å². The summed E-state index contributed by atoms with van der Waals surface area (Å²) in [6, 6.07) is 11.3. The van der Waals surface area contributed by atoms with E-state index >= 15 is 0 Å². The topological polar surface area (TPSA) is 98.1 Å². The van der Waals surface area contributed by atoms with Crippen LogP contribution in [0.1, 0.15) is 36.1 Å². The first-order valence-electron chi connectivity index (χ1n) is 10.1. The lowest BCUT2D eigenvalue weighted by molar-refractivity contribution is -0.113. The Morgan fingerprint density at radius 2 is 1.88 bits per heavy atom. The quantitative estimate of drug-likeness (QED) is 0.402. The normalized spacial score (nSPS) is 11.7. The second-order valence-electron chi connectivity index (χ2n) is 6.97. The molecular formula is C22H23Cl2N5O3S. The van der Waals surface area contributed by atoms with Gasteiger partial charge in [-0.25, -0.2) is 0 Å². The molecule has 0 saturated carbocycles. The third kappa shape index (κ3) is 6.40. The van der Waals surface area contributed by atoms with Gasteiger partial charge in [0.25, 0.3) is 5.91 Å². The predicted octanol–water partition coefficient (Wildman–Crippen LogP) is 4.84. The van der Waals surface area contributed by atoms with E-state index in [1.165, 1.54) is 11.8 Å². The predicted molar refractivity (Wildman–Crippen MR) is 130 cm³/mol. The van der Waals surface area contributed by atoms with Crippen LogP contribution in [0.25, 0.3) is 0 Å². The van der Waals surface area contributed by atoms with Crippen LogP contribution in [-0.2, 0) is 11.3 Å². The molecule has 0 bridgehead atoms. The number of thioether (sulfide) groups is 1. The number of amides is 2. The van der Waals surface area contributed by atoms with E-state index in [1.54, 1.807) is 49.6 Å². The van der Waals surface area contributed by atoms with Gasteiger partial charge in [-0.1, -0.05) is 35.0 Å². The molecule has 0 unspecified atom stereocenters. The molecule has 2 N–H and O–H groups in total. The molecule has 11 heteroatoms. The van der Waals surface area contributed by atoms with Crippen molar-refractivity contribution >= 4 is 52.5 Å². The fourth-order valence-electron chi connectivity index (χ4n) is 3.02. The van der Waals surface area contributed by atoms with Crippen molar-refractivity contribution < 1.29 is 14.3 Å². The van der Waals surface area contributed by atoms with Crippen molar-refractivity contribution in [1.82, 2.24) is 20.1 Å². The number of hydrogen-bond donors (Lipinski definition) is 2. The van der Waals surface area contributed by atoms with Crippen LogP contribution in [-0.4, -0.2) is 39.4 Å². The number of ether oxygens (including phenoxy) is 1. The third-order valence-corrected chi connectivity index (χ3v) is 6.22. The lowest BCUT2D eigenvalue weighted by Gasteiger charge is -2.15. The molecule has 174 valence electrons. The fraction of sp³-hybridized carbons (Fsp3) is 0.273. The van der Waals surface area contributed by atoms with Crippen molar-refractivity contribution in [3.8, 4) is 5.75 Å². The lowest BCUT2D eigenvalue weighted by atomic mass is 10.2. The average Bonchev–Trinajstić information content (AvgIpc) is 3.23. The van der Waals surface area contributed by atoms with Gasteiger partial charge in [0, 0.05) is 17.1 Å². The van der Waals surface area contributed by atoms with Crippen LogP contribution < -0.4 is 15.4 Å². The molecule has 2 aromatic carbocycles. The number of nitrogens with zero attached hydrogens (tertiary/aromatic N) is 3. The number of rotatable bonds is 9. The van der Waals surface area contributed by atoms with E-state index in [2.05, 4.69) is 20.8 Å².